The molecular weight excluding hydrogens is 564 g/mol. The molecule has 2 saturated heterocycles. The van der Waals surface area contributed by atoms with E-state index < -0.39 is 29.7 Å². The summed E-state index contributed by atoms with van der Waals surface area (Å²) in [6.45, 7) is 14.5. The Morgan fingerprint density at radius 2 is 1.80 bits per heavy atom. The zero-order valence-corrected chi connectivity index (χ0v) is 26.9. The van der Waals surface area contributed by atoms with Crippen molar-refractivity contribution in [2.75, 3.05) is 19.6 Å². The topological polar surface area (TPSA) is 129 Å². The molecule has 2 unspecified atom stereocenters. The van der Waals surface area contributed by atoms with Crippen LogP contribution < -0.4 is 10.1 Å². The maximum atomic E-state index is 13.3. The molecule has 4 aliphatic rings. The maximum Gasteiger partial charge on any atom is 0.410 e. The van der Waals surface area contributed by atoms with Crippen molar-refractivity contribution < 1.29 is 33.8 Å². The standard InChI is InChI=1S/C33H48N4O7/c1-7-23-26(10-8-24-28(23)31(41)37(30(24)40)25-9-11-27(38)34-29(25)39)43-22-16-21(17-22)36(19(2)3)18-20-12-14-35(15-13-20)32(42)44-33(4,5)6/h8,10,19-22,25,31,41H,7,9,11-18H2,1-6H3,(H,34,38,39)/t21-,22-,25?,31?. The molecule has 0 aromatic heterocycles. The zero-order chi connectivity index (χ0) is 31.9. The summed E-state index contributed by atoms with van der Waals surface area (Å²) in [5, 5.41) is 13.5. The van der Waals surface area contributed by atoms with Gasteiger partial charge < -0.3 is 19.5 Å². The number of ether oxygens (including phenoxy) is 2. The van der Waals surface area contributed by atoms with Gasteiger partial charge in [0.2, 0.25) is 11.8 Å². The number of nitrogens with zero attached hydrogens (tertiary/aromatic N) is 3. The molecule has 5 rings (SSSR count). The molecule has 11 nitrogen and oxygen atoms in total. The molecule has 1 aliphatic carbocycles. The summed E-state index contributed by atoms with van der Waals surface area (Å²) < 4.78 is 12.0. The Morgan fingerprint density at radius 1 is 1.11 bits per heavy atom. The Labute approximate surface area is 260 Å². The van der Waals surface area contributed by atoms with E-state index >= 15 is 0 Å². The van der Waals surface area contributed by atoms with E-state index in [1.54, 1.807) is 6.07 Å². The van der Waals surface area contributed by atoms with Gasteiger partial charge in [0.25, 0.3) is 5.91 Å². The van der Waals surface area contributed by atoms with Gasteiger partial charge in [0.15, 0.2) is 6.23 Å². The van der Waals surface area contributed by atoms with Crippen molar-refractivity contribution in [2.45, 2.75) is 123 Å². The lowest BCUT2D eigenvalue weighted by Crippen LogP contribution is -2.54. The number of hydrogen-bond acceptors (Lipinski definition) is 8. The van der Waals surface area contributed by atoms with Crippen molar-refractivity contribution in [2.24, 2.45) is 5.92 Å². The van der Waals surface area contributed by atoms with Crippen LogP contribution in [0.25, 0.3) is 0 Å². The van der Waals surface area contributed by atoms with E-state index in [0.717, 1.165) is 50.9 Å². The first-order chi connectivity index (χ1) is 20.8. The highest BCUT2D eigenvalue weighted by Gasteiger charge is 2.46. The Kier molecular flexibility index (Phi) is 9.28. The van der Waals surface area contributed by atoms with Crippen molar-refractivity contribution in [1.29, 1.82) is 0 Å². The Balaban J connectivity index is 1.18. The van der Waals surface area contributed by atoms with Gasteiger partial charge in [-0.3, -0.25) is 29.5 Å². The largest absolute Gasteiger partial charge is 0.490 e. The molecule has 3 heterocycles. The minimum Gasteiger partial charge on any atom is -0.490 e. The lowest BCUT2D eigenvalue weighted by Gasteiger charge is -2.46. The molecule has 242 valence electrons. The molecular formula is C33H48N4O7. The molecule has 0 spiro atoms. The fraction of sp³-hybridized carbons (Fsp3) is 0.697. The van der Waals surface area contributed by atoms with Crippen molar-refractivity contribution >= 4 is 23.8 Å². The summed E-state index contributed by atoms with van der Waals surface area (Å²) in [5.41, 5.74) is 1.16. The predicted molar refractivity (Wildman–Crippen MR) is 163 cm³/mol. The minimum absolute atomic E-state index is 0.0269. The number of benzene rings is 1. The number of nitrogens with one attached hydrogen (secondary N) is 1. The van der Waals surface area contributed by atoms with Crippen LogP contribution in [0.4, 0.5) is 4.79 Å². The summed E-state index contributed by atoms with van der Waals surface area (Å²) in [6.07, 6.45) is 3.09. The second-order valence-corrected chi connectivity index (χ2v) is 14.0. The van der Waals surface area contributed by atoms with Gasteiger partial charge in [-0.1, -0.05) is 6.92 Å². The number of hydrogen-bond donors (Lipinski definition) is 2. The SMILES string of the molecule is CCc1c(O[C@H]2C[C@H](N(CC3CCN(C(=O)OC(C)(C)C)CC3)C(C)C)C2)ccc2c1C(O)N(C1CCC(=O)NC1=O)C2=O. The van der Waals surface area contributed by atoms with Gasteiger partial charge in [0.05, 0.1) is 0 Å². The lowest BCUT2D eigenvalue weighted by atomic mass is 9.85. The number of aliphatic hydroxyl groups excluding tert-OH is 1. The molecule has 2 N–H and O–H groups in total. The zero-order valence-electron chi connectivity index (χ0n) is 26.9. The number of carbonyl (C=O) groups excluding carboxylic acids is 4. The monoisotopic (exact) mass is 612 g/mol. The number of rotatable bonds is 8. The molecule has 3 fully saturated rings. The molecule has 0 bridgehead atoms. The number of likely N-dealkylation sites (tertiary alicyclic amines) is 1. The number of carbonyl (C=O) groups is 4. The van der Waals surface area contributed by atoms with Crippen molar-refractivity contribution in [3.8, 4) is 5.75 Å². The van der Waals surface area contributed by atoms with Gasteiger partial charge in [0.1, 0.15) is 23.5 Å². The van der Waals surface area contributed by atoms with Gasteiger partial charge in [-0.25, -0.2) is 4.79 Å². The number of imide groups is 1. The summed E-state index contributed by atoms with van der Waals surface area (Å²) in [6, 6.07) is 3.38. The summed E-state index contributed by atoms with van der Waals surface area (Å²) >= 11 is 0. The summed E-state index contributed by atoms with van der Waals surface area (Å²) in [7, 11) is 0. The van der Waals surface area contributed by atoms with E-state index in [1.165, 1.54) is 4.90 Å². The summed E-state index contributed by atoms with van der Waals surface area (Å²) in [5.74, 6) is -0.146. The lowest BCUT2D eigenvalue weighted by molar-refractivity contribution is -0.139. The third kappa shape index (κ3) is 6.59. The van der Waals surface area contributed by atoms with E-state index in [-0.39, 0.29) is 30.9 Å². The average molecular weight is 613 g/mol. The second kappa shape index (κ2) is 12.7. The van der Waals surface area contributed by atoms with Crippen LogP contribution >= 0.6 is 0 Å². The number of amides is 4. The van der Waals surface area contributed by atoms with Gasteiger partial charge in [-0.05, 0) is 78.4 Å². The Bertz CT molecular complexity index is 1280. The van der Waals surface area contributed by atoms with Crippen LogP contribution in [-0.4, -0.2) is 93.1 Å². The van der Waals surface area contributed by atoms with E-state index in [0.29, 0.717) is 41.3 Å². The van der Waals surface area contributed by atoms with E-state index in [4.69, 9.17) is 9.47 Å². The molecule has 4 amide bonds. The maximum absolute atomic E-state index is 13.3. The smallest absolute Gasteiger partial charge is 0.410 e. The molecule has 1 saturated carbocycles. The van der Waals surface area contributed by atoms with Gasteiger partial charge in [-0.2, -0.15) is 0 Å². The van der Waals surface area contributed by atoms with Crippen LogP contribution in [0, 0.1) is 5.92 Å². The van der Waals surface area contributed by atoms with Crippen LogP contribution in [0.5, 0.6) is 5.75 Å². The van der Waals surface area contributed by atoms with Crippen LogP contribution in [0.3, 0.4) is 0 Å². The van der Waals surface area contributed by atoms with Crippen LogP contribution in [-0.2, 0) is 20.7 Å². The number of piperidine rings is 2. The molecule has 44 heavy (non-hydrogen) atoms. The van der Waals surface area contributed by atoms with Crippen LogP contribution in [0.1, 0.15) is 108 Å². The second-order valence-electron chi connectivity index (χ2n) is 14.0. The van der Waals surface area contributed by atoms with E-state index in [2.05, 4.69) is 24.1 Å². The van der Waals surface area contributed by atoms with Gasteiger partial charge in [0, 0.05) is 67.7 Å². The molecule has 1 aromatic carbocycles. The summed E-state index contributed by atoms with van der Waals surface area (Å²) in [4.78, 5) is 55.5. The quantitative estimate of drug-likeness (QED) is 0.425. The highest BCUT2D eigenvalue weighted by atomic mass is 16.6. The molecule has 3 aliphatic heterocycles. The van der Waals surface area contributed by atoms with Crippen LogP contribution in [0.15, 0.2) is 12.1 Å². The third-order valence-corrected chi connectivity index (χ3v) is 9.43. The average Bonchev–Trinajstić information content (AvgIpc) is 3.18. The normalized spacial score (nSPS) is 26.2. The van der Waals surface area contributed by atoms with E-state index in [1.807, 2.05) is 38.7 Å². The first kappa shape index (κ1) is 32.2. The first-order valence-corrected chi connectivity index (χ1v) is 16.2. The van der Waals surface area contributed by atoms with Gasteiger partial charge in [-0.15, -0.1) is 0 Å². The first-order valence-electron chi connectivity index (χ1n) is 16.2. The predicted octanol–water partition coefficient (Wildman–Crippen LogP) is 3.77. The van der Waals surface area contributed by atoms with Crippen molar-refractivity contribution in [1.82, 2.24) is 20.0 Å². The fourth-order valence-corrected chi connectivity index (χ4v) is 7.04. The molecule has 0 radical (unpaired) electrons. The minimum atomic E-state index is -1.27. The number of aliphatic hydroxyl groups is 1. The highest BCUT2D eigenvalue weighted by molar-refractivity contribution is 6.06. The van der Waals surface area contributed by atoms with Crippen molar-refractivity contribution in [3.63, 3.8) is 0 Å². The highest BCUT2D eigenvalue weighted by Crippen LogP contribution is 2.42. The van der Waals surface area contributed by atoms with E-state index in [9.17, 15) is 24.3 Å². The molecule has 1 aromatic rings. The van der Waals surface area contributed by atoms with Crippen molar-refractivity contribution in [3.05, 3.63) is 28.8 Å². The van der Waals surface area contributed by atoms with Gasteiger partial charge >= 0.3 is 6.09 Å². The molecule has 2 atom stereocenters. The Morgan fingerprint density at radius 3 is 2.39 bits per heavy atom. The molecule has 11 heteroatoms. The third-order valence-electron chi connectivity index (χ3n) is 9.43. The fourth-order valence-electron chi connectivity index (χ4n) is 7.04. The van der Waals surface area contributed by atoms with Crippen LogP contribution in [0.2, 0.25) is 0 Å². The number of fused-ring (bicyclic) bond motifs is 1. The Hall–Kier alpha value is -3.18.